The number of nitrogens with zero attached hydrogens (tertiary/aromatic N) is 1. The Morgan fingerprint density at radius 1 is 1.70 bits per heavy atom. The van der Waals surface area contributed by atoms with Crippen LogP contribution >= 0.6 is 0 Å². The fraction of sp³-hybridized carbons (Fsp3) is 1.00. The summed E-state index contributed by atoms with van der Waals surface area (Å²) < 4.78 is 0. The van der Waals surface area contributed by atoms with E-state index in [0.717, 1.165) is 18.6 Å². The van der Waals surface area contributed by atoms with E-state index in [1.807, 2.05) is 0 Å². The Hall–Kier alpha value is -0.120. The van der Waals surface area contributed by atoms with Crippen LogP contribution in [0.15, 0.2) is 0 Å². The molecular weight excluding hydrogens is 126 g/mol. The highest BCUT2D eigenvalue weighted by Gasteiger charge is 2.42. The third kappa shape index (κ3) is 0.779. The highest BCUT2D eigenvalue weighted by molar-refractivity contribution is 5.02. The van der Waals surface area contributed by atoms with Crippen molar-refractivity contribution in [2.45, 2.75) is 31.6 Å². The van der Waals surface area contributed by atoms with E-state index in [2.05, 4.69) is 17.1 Å². The molecule has 0 saturated carbocycles. The molecule has 0 aliphatic carbocycles. The van der Waals surface area contributed by atoms with Crippen LogP contribution in [0.1, 0.15) is 13.3 Å². The quantitative estimate of drug-likeness (QED) is 0.509. The molecule has 3 heteroatoms. The first kappa shape index (κ1) is 6.58. The summed E-state index contributed by atoms with van der Waals surface area (Å²) in [5, 5.41) is 3.44. The number of nitrogens with one attached hydrogen (secondary N) is 1. The van der Waals surface area contributed by atoms with Crippen molar-refractivity contribution in [1.29, 1.82) is 0 Å². The van der Waals surface area contributed by atoms with Crippen LogP contribution in [0, 0.1) is 0 Å². The molecule has 10 heavy (non-hydrogen) atoms. The lowest BCUT2D eigenvalue weighted by Crippen LogP contribution is -2.65. The van der Waals surface area contributed by atoms with Crippen molar-refractivity contribution in [1.82, 2.24) is 10.2 Å². The number of nitrogens with two attached hydrogens (primary N) is 1. The third-order valence-electron chi connectivity index (χ3n) is 2.67. The van der Waals surface area contributed by atoms with E-state index in [1.165, 1.54) is 13.0 Å². The summed E-state index contributed by atoms with van der Waals surface area (Å²) in [5.74, 6) is 0. The standard InChI is InChI=1S/C7H15N3/c1-5(8)10-4-6-7(10)2-3-9-6/h5-7,9H,2-4,8H2,1H3/t5?,6-,7-/m1/s1. The maximum Gasteiger partial charge on any atom is 0.0546 e. The Bertz CT molecular complexity index is 135. The van der Waals surface area contributed by atoms with Crippen molar-refractivity contribution < 1.29 is 0 Å². The molecule has 2 fully saturated rings. The van der Waals surface area contributed by atoms with Crippen LogP contribution in [0.25, 0.3) is 0 Å². The van der Waals surface area contributed by atoms with E-state index < -0.39 is 0 Å². The minimum absolute atomic E-state index is 0.251. The zero-order valence-electron chi connectivity index (χ0n) is 6.38. The smallest absolute Gasteiger partial charge is 0.0546 e. The molecule has 2 heterocycles. The zero-order valence-corrected chi connectivity index (χ0v) is 6.38. The molecule has 2 aliphatic heterocycles. The summed E-state index contributed by atoms with van der Waals surface area (Å²) in [6.07, 6.45) is 1.53. The molecule has 1 unspecified atom stereocenters. The van der Waals surface area contributed by atoms with Gasteiger partial charge in [-0.15, -0.1) is 0 Å². The van der Waals surface area contributed by atoms with Gasteiger partial charge in [-0.05, 0) is 19.9 Å². The van der Waals surface area contributed by atoms with Crippen LogP contribution in [-0.4, -0.2) is 36.2 Å². The lowest BCUT2D eigenvalue weighted by molar-refractivity contribution is 0.0371. The van der Waals surface area contributed by atoms with Crippen molar-refractivity contribution in [3.63, 3.8) is 0 Å². The van der Waals surface area contributed by atoms with Crippen LogP contribution in [0.4, 0.5) is 0 Å². The van der Waals surface area contributed by atoms with Crippen LogP contribution in [-0.2, 0) is 0 Å². The first-order valence-corrected chi connectivity index (χ1v) is 4.04. The van der Waals surface area contributed by atoms with Gasteiger partial charge in [-0.3, -0.25) is 4.90 Å². The molecule has 58 valence electrons. The van der Waals surface area contributed by atoms with E-state index in [4.69, 9.17) is 5.73 Å². The summed E-state index contributed by atoms with van der Waals surface area (Å²) in [6.45, 7) is 4.40. The molecule has 2 rings (SSSR count). The summed E-state index contributed by atoms with van der Waals surface area (Å²) >= 11 is 0. The van der Waals surface area contributed by atoms with E-state index >= 15 is 0 Å². The average Bonchev–Trinajstić information content (AvgIpc) is 2.11. The minimum Gasteiger partial charge on any atom is -0.316 e. The van der Waals surface area contributed by atoms with Gasteiger partial charge in [0.25, 0.3) is 0 Å². The van der Waals surface area contributed by atoms with Crippen molar-refractivity contribution in [3.05, 3.63) is 0 Å². The summed E-state index contributed by atoms with van der Waals surface area (Å²) in [4.78, 5) is 2.37. The number of likely N-dealkylation sites (tertiary alicyclic amines) is 1. The molecule has 0 aromatic heterocycles. The molecule has 0 radical (unpaired) electrons. The van der Waals surface area contributed by atoms with Gasteiger partial charge in [-0.1, -0.05) is 0 Å². The predicted molar refractivity (Wildman–Crippen MR) is 40.6 cm³/mol. The predicted octanol–water partition coefficient (Wildman–Crippen LogP) is -0.663. The Morgan fingerprint density at radius 3 is 3.10 bits per heavy atom. The maximum atomic E-state index is 5.75. The molecule has 0 amide bonds. The van der Waals surface area contributed by atoms with Gasteiger partial charge >= 0.3 is 0 Å². The molecule has 3 N–H and O–H groups in total. The van der Waals surface area contributed by atoms with E-state index in [9.17, 15) is 0 Å². The molecular formula is C7H15N3. The SMILES string of the molecule is CC(N)N1C[C@H]2NCC[C@H]21. The minimum atomic E-state index is 0.251. The first-order valence-electron chi connectivity index (χ1n) is 4.04. The molecule has 3 nitrogen and oxygen atoms in total. The van der Waals surface area contributed by atoms with Gasteiger partial charge in [-0.2, -0.15) is 0 Å². The second kappa shape index (κ2) is 2.19. The van der Waals surface area contributed by atoms with Crippen molar-refractivity contribution in [2.24, 2.45) is 5.73 Å². The van der Waals surface area contributed by atoms with Gasteiger partial charge < -0.3 is 11.1 Å². The third-order valence-corrected chi connectivity index (χ3v) is 2.67. The molecule has 3 atom stereocenters. The van der Waals surface area contributed by atoms with Gasteiger partial charge in [0.05, 0.1) is 6.17 Å². The zero-order chi connectivity index (χ0) is 7.14. The monoisotopic (exact) mass is 141 g/mol. The van der Waals surface area contributed by atoms with Crippen molar-refractivity contribution in [2.75, 3.05) is 13.1 Å². The maximum absolute atomic E-state index is 5.75. The summed E-state index contributed by atoms with van der Waals surface area (Å²) in [7, 11) is 0. The molecule has 2 aliphatic rings. The Morgan fingerprint density at radius 2 is 2.50 bits per heavy atom. The Labute approximate surface area is 61.6 Å². The molecule has 0 spiro atoms. The fourth-order valence-corrected chi connectivity index (χ4v) is 2.03. The second-order valence-electron chi connectivity index (χ2n) is 3.35. The number of fused-ring (bicyclic) bond motifs is 1. The van der Waals surface area contributed by atoms with Crippen LogP contribution in [0.2, 0.25) is 0 Å². The van der Waals surface area contributed by atoms with Crippen LogP contribution in [0.5, 0.6) is 0 Å². The highest BCUT2D eigenvalue weighted by atomic mass is 15.4. The van der Waals surface area contributed by atoms with Gasteiger partial charge in [0.1, 0.15) is 0 Å². The van der Waals surface area contributed by atoms with E-state index in [1.54, 1.807) is 0 Å². The number of hydrogen-bond acceptors (Lipinski definition) is 3. The van der Waals surface area contributed by atoms with Gasteiger partial charge in [0.2, 0.25) is 0 Å². The van der Waals surface area contributed by atoms with E-state index in [0.29, 0.717) is 0 Å². The lowest BCUT2D eigenvalue weighted by atomic mass is 9.97. The van der Waals surface area contributed by atoms with Crippen molar-refractivity contribution >= 4 is 0 Å². The number of hydrogen-bond donors (Lipinski definition) is 2. The average molecular weight is 141 g/mol. The summed E-state index contributed by atoms with van der Waals surface area (Å²) in [6, 6.07) is 1.51. The Balaban J connectivity index is 1.94. The van der Waals surface area contributed by atoms with Gasteiger partial charge in [-0.25, -0.2) is 0 Å². The summed E-state index contributed by atoms with van der Waals surface area (Å²) in [5.41, 5.74) is 5.75. The molecule has 0 aromatic rings. The van der Waals surface area contributed by atoms with E-state index in [-0.39, 0.29) is 6.17 Å². The molecule has 0 bridgehead atoms. The highest BCUT2D eigenvalue weighted by Crippen LogP contribution is 2.25. The first-order chi connectivity index (χ1) is 4.79. The lowest BCUT2D eigenvalue weighted by Gasteiger charge is -2.46. The van der Waals surface area contributed by atoms with Crippen molar-refractivity contribution in [3.8, 4) is 0 Å². The normalized spacial score (nSPS) is 42.6. The number of rotatable bonds is 1. The van der Waals surface area contributed by atoms with Gasteiger partial charge in [0, 0.05) is 18.6 Å². The van der Waals surface area contributed by atoms with Crippen LogP contribution < -0.4 is 11.1 Å². The topological polar surface area (TPSA) is 41.3 Å². The molecule has 0 aromatic carbocycles. The van der Waals surface area contributed by atoms with Gasteiger partial charge in [0.15, 0.2) is 0 Å². The second-order valence-corrected chi connectivity index (χ2v) is 3.35. The Kier molecular flexibility index (Phi) is 1.44. The fourth-order valence-electron chi connectivity index (χ4n) is 2.03. The van der Waals surface area contributed by atoms with Crippen LogP contribution in [0.3, 0.4) is 0 Å². The molecule has 2 saturated heterocycles. The largest absolute Gasteiger partial charge is 0.316 e.